The van der Waals surface area contributed by atoms with Gasteiger partial charge in [-0.15, -0.1) is 0 Å². The molecule has 5 rings (SSSR count). The molecule has 0 spiro atoms. The van der Waals surface area contributed by atoms with Crippen LogP contribution in [-0.4, -0.2) is 17.4 Å². The fourth-order valence-corrected chi connectivity index (χ4v) is 4.89. The summed E-state index contributed by atoms with van der Waals surface area (Å²) in [6.07, 6.45) is 3.38. The minimum atomic E-state index is -2.87. The van der Waals surface area contributed by atoms with Crippen molar-refractivity contribution in [3.63, 3.8) is 0 Å². The molecule has 1 saturated carbocycles. The van der Waals surface area contributed by atoms with Crippen molar-refractivity contribution < 1.29 is 18.1 Å². The standard InChI is InChI=1S/C31H29F2NO2/c1-22-28(21-31(32,33)16-15-23-5-3-2-4-6-23)29(36-34-22)26-9-7-24(8-10-26)25-11-13-27(14-12-25)30(17-18-30)19-20-35/h2-14,20H,15-19,21H2,1H3. The van der Waals surface area contributed by atoms with Gasteiger partial charge in [0.15, 0.2) is 5.76 Å². The maximum absolute atomic E-state index is 14.9. The van der Waals surface area contributed by atoms with E-state index in [1.165, 1.54) is 5.56 Å². The Balaban J connectivity index is 1.30. The molecule has 0 aliphatic heterocycles. The number of nitrogens with zero attached hydrogens (tertiary/aromatic N) is 1. The first-order valence-electron chi connectivity index (χ1n) is 12.4. The molecule has 5 heteroatoms. The molecule has 3 aromatic carbocycles. The van der Waals surface area contributed by atoms with Crippen molar-refractivity contribution in [2.45, 2.75) is 56.8 Å². The quantitative estimate of drug-likeness (QED) is 0.216. The number of hydrogen-bond donors (Lipinski definition) is 0. The highest BCUT2D eigenvalue weighted by Crippen LogP contribution is 2.50. The van der Waals surface area contributed by atoms with E-state index in [2.05, 4.69) is 29.4 Å². The van der Waals surface area contributed by atoms with Gasteiger partial charge in [0.25, 0.3) is 5.92 Å². The minimum Gasteiger partial charge on any atom is -0.356 e. The number of carbonyl (C=O) groups is 1. The molecule has 184 valence electrons. The second kappa shape index (κ2) is 9.81. The molecule has 0 amide bonds. The highest BCUT2D eigenvalue weighted by Gasteiger charge is 2.43. The van der Waals surface area contributed by atoms with E-state index in [0.717, 1.165) is 41.4 Å². The number of alkyl halides is 2. The highest BCUT2D eigenvalue weighted by atomic mass is 19.3. The van der Waals surface area contributed by atoms with Gasteiger partial charge in [0.05, 0.1) is 5.69 Å². The van der Waals surface area contributed by atoms with Gasteiger partial charge in [0.1, 0.15) is 6.29 Å². The summed E-state index contributed by atoms with van der Waals surface area (Å²) >= 11 is 0. The summed E-state index contributed by atoms with van der Waals surface area (Å²) in [5.41, 5.74) is 5.92. The number of rotatable bonds is 10. The van der Waals surface area contributed by atoms with Crippen molar-refractivity contribution in [2.75, 3.05) is 0 Å². The van der Waals surface area contributed by atoms with E-state index in [9.17, 15) is 13.6 Å². The van der Waals surface area contributed by atoms with E-state index >= 15 is 0 Å². The van der Waals surface area contributed by atoms with Crippen molar-refractivity contribution in [1.29, 1.82) is 0 Å². The van der Waals surface area contributed by atoms with Gasteiger partial charge >= 0.3 is 0 Å². The van der Waals surface area contributed by atoms with Crippen LogP contribution in [0.5, 0.6) is 0 Å². The molecule has 1 fully saturated rings. The summed E-state index contributed by atoms with van der Waals surface area (Å²) in [6, 6.07) is 25.4. The molecule has 1 heterocycles. The van der Waals surface area contributed by atoms with Gasteiger partial charge in [0, 0.05) is 35.8 Å². The van der Waals surface area contributed by atoms with Crippen molar-refractivity contribution >= 4 is 6.29 Å². The first-order valence-corrected chi connectivity index (χ1v) is 12.4. The fourth-order valence-electron chi connectivity index (χ4n) is 4.89. The number of benzene rings is 3. The summed E-state index contributed by atoms with van der Waals surface area (Å²) in [7, 11) is 0. The third-order valence-corrected chi connectivity index (χ3v) is 7.35. The van der Waals surface area contributed by atoms with Crippen molar-refractivity contribution in [1.82, 2.24) is 5.16 Å². The van der Waals surface area contributed by atoms with Crippen molar-refractivity contribution in [2.24, 2.45) is 0 Å². The van der Waals surface area contributed by atoms with E-state index in [1.54, 1.807) is 6.92 Å². The van der Waals surface area contributed by atoms with Gasteiger partial charge in [-0.3, -0.25) is 0 Å². The molecule has 1 aliphatic carbocycles. The van der Waals surface area contributed by atoms with E-state index in [0.29, 0.717) is 29.9 Å². The Bertz CT molecular complexity index is 1320. The van der Waals surface area contributed by atoms with E-state index in [1.807, 2.05) is 54.6 Å². The second-order valence-corrected chi connectivity index (χ2v) is 9.90. The molecule has 1 aliphatic rings. The van der Waals surface area contributed by atoms with E-state index in [4.69, 9.17) is 4.52 Å². The molecule has 0 bridgehead atoms. The van der Waals surface area contributed by atoms with Crippen LogP contribution in [0.2, 0.25) is 0 Å². The number of aryl methyl sites for hydroxylation is 2. The average molecular weight is 486 g/mol. The zero-order valence-electron chi connectivity index (χ0n) is 20.3. The first-order chi connectivity index (χ1) is 17.4. The Kier molecular flexibility index (Phi) is 6.57. The molecule has 0 saturated heterocycles. The maximum Gasteiger partial charge on any atom is 0.252 e. The summed E-state index contributed by atoms with van der Waals surface area (Å²) in [6.45, 7) is 1.71. The lowest BCUT2D eigenvalue weighted by atomic mass is 9.91. The number of aldehydes is 1. The third-order valence-electron chi connectivity index (χ3n) is 7.35. The number of aromatic nitrogens is 1. The smallest absolute Gasteiger partial charge is 0.252 e. The molecule has 0 unspecified atom stereocenters. The van der Waals surface area contributed by atoms with Crippen LogP contribution in [-0.2, 0) is 23.1 Å². The number of halogens is 2. The summed E-state index contributed by atoms with van der Waals surface area (Å²) in [5, 5.41) is 4.00. The van der Waals surface area contributed by atoms with Crippen LogP contribution >= 0.6 is 0 Å². The topological polar surface area (TPSA) is 43.1 Å². The van der Waals surface area contributed by atoms with Crippen LogP contribution in [0.1, 0.15) is 48.1 Å². The van der Waals surface area contributed by atoms with Gasteiger partial charge in [-0.25, -0.2) is 8.78 Å². The van der Waals surface area contributed by atoms with Crippen LogP contribution in [0.25, 0.3) is 22.5 Å². The molecule has 4 aromatic rings. The van der Waals surface area contributed by atoms with Crippen LogP contribution in [0, 0.1) is 6.92 Å². The Morgan fingerprint density at radius 2 is 1.53 bits per heavy atom. The lowest BCUT2D eigenvalue weighted by molar-refractivity contribution is -0.108. The Morgan fingerprint density at radius 3 is 2.14 bits per heavy atom. The molecular formula is C31H29F2NO2. The highest BCUT2D eigenvalue weighted by molar-refractivity contribution is 5.70. The largest absolute Gasteiger partial charge is 0.356 e. The van der Waals surface area contributed by atoms with E-state index in [-0.39, 0.29) is 11.8 Å². The summed E-state index contributed by atoms with van der Waals surface area (Å²) < 4.78 is 35.3. The molecule has 1 aromatic heterocycles. The molecule has 3 nitrogen and oxygen atoms in total. The SMILES string of the molecule is Cc1noc(-c2ccc(-c3ccc(C4(CC=O)CC4)cc3)cc2)c1CC(F)(F)CCc1ccccc1. The minimum absolute atomic E-state index is 0.0356. The van der Waals surface area contributed by atoms with Gasteiger partial charge in [-0.2, -0.15) is 0 Å². The molecule has 36 heavy (non-hydrogen) atoms. The molecule has 0 atom stereocenters. The predicted octanol–water partition coefficient (Wildman–Crippen LogP) is 7.75. The average Bonchev–Trinajstić information content (AvgIpc) is 3.60. The number of hydrogen-bond acceptors (Lipinski definition) is 3. The lowest BCUT2D eigenvalue weighted by Gasteiger charge is -2.16. The third kappa shape index (κ3) is 5.15. The summed E-state index contributed by atoms with van der Waals surface area (Å²) in [4.78, 5) is 11.0. The van der Waals surface area contributed by atoms with Crippen molar-refractivity contribution in [3.05, 3.63) is 101 Å². The van der Waals surface area contributed by atoms with E-state index < -0.39 is 12.3 Å². The molecule has 0 N–H and O–H groups in total. The van der Waals surface area contributed by atoms with Crippen molar-refractivity contribution in [3.8, 4) is 22.5 Å². The van der Waals surface area contributed by atoms with Gasteiger partial charge in [-0.1, -0.05) is 84.0 Å². The normalized spacial score (nSPS) is 14.5. The zero-order valence-corrected chi connectivity index (χ0v) is 20.3. The molecular weight excluding hydrogens is 456 g/mol. The predicted molar refractivity (Wildman–Crippen MR) is 137 cm³/mol. The monoisotopic (exact) mass is 485 g/mol. The van der Waals surface area contributed by atoms with Gasteiger partial charge in [-0.05, 0) is 48.4 Å². The Hall–Kier alpha value is -3.60. The Labute approximate surface area is 210 Å². The summed E-state index contributed by atoms with van der Waals surface area (Å²) in [5.74, 6) is -2.47. The lowest BCUT2D eigenvalue weighted by Crippen LogP contribution is -2.21. The second-order valence-electron chi connectivity index (χ2n) is 9.90. The maximum atomic E-state index is 14.9. The van der Waals surface area contributed by atoms with Gasteiger partial charge in [0.2, 0.25) is 0 Å². The fraction of sp³-hybridized carbons (Fsp3) is 0.290. The Morgan fingerprint density at radius 1 is 0.917 bits per heavy atom. The number of carbonyl (C=O) groups excluding carboxylic acids is 1. The van der Waals surface area contributed by atoms with Crippen LogP contribution in [0.4, 0.5) is 8.78 Å². The van der Waals surface area contributed by atoms with Gasteiger partial charge < -0.3 is 9.32 Å². The zero-order chi connectivity index (χ0) is 25.2. The van der Waals surface area contributed by atoms with Crippen LogP contribution in [0.15, 0.2) is 83.4 Å². The molecule has 0 radical (unpaired) electrons. The van der Waals surface area contributed by atoms with Crippen LogP contribution in [0.3, 0.4) is 0 Å². The first kappa shape index (κ1) is 24.1. The van der Waals surface area contributed by atoms with Crippen LogP contribution < -0.4 is 0 Å².